The summed E-state index contributed by atoms with van der Waals surface area (Å²) in [6.07, 6.45) is 1.48. The topological polar surface area (TPSA) is 118 Å². The van der Waals surface area contributed by atoms with Crippen molar-refractivity contribution in [2.75, 3.05) is 14.2 Å². The maximum atomic E-state index is 12.7. The molecule has 37 heavy (non-hydrogen) atoms. The minimum absolute atomic E-state index is 0.0709. The van der Waals surface area contributed by atoms with Crippen molar-refractivity contribution in [2.24, 2.45) is 0 Å². The predicted molar refractivity (Wildman–Crippen MR) is 145 cm³/mol. The predicted octanol–water partition coefficient (Wildman–Crippen LogP) is 5.73. The first kappa shape index (κ1) is 27.8. The number of nitrogens with one attached hydrogen (secondary N) is 1. The van der Waals surface area contributed by atoms with Crippen molar-refractivity contribution in [1.29, 1.82) is 5.26 Å². The lowest BCUT2D eigenvalue weighted by atomic mass is 10.1. The van der Waals surface area contributed by atoms with Crippen LogP contribution >= 0.6 is 31.9 Å². The number of ether oxygens (including phenoxy) is 3. The smallest absolute Gasteiger partial charge is 0.335 e. The quantitative estimate of drug-likeness (QED) is 0.217. The van der Waals surface area contributed by atoms with Gasteiger partial charge in [-0.25, -0.2) is 4.79 Å². The Balaban J connectivity index is 1.70. The number of carbonyl (C=O) groups excluding carboxylic acids is 1. The van der Waals surface area contributed by atoms with Crippen molar-refractivity contribution in [3.63, 3.8) is 0 Å². The second-order valence-electron chi connectivity index (χ2n) is 7.63. The highest BCUT2D eigenvalue weighted by Gasteiger charge is 2.14. The third-order valence-corrected chi connectivity index (χ3v) is 6.39. The van der Waals surface area contributed by atoms with E-state index < -0.39 is 11.9 Å². The van der Waals surface area contributed by atoms with Crippen LogP contribution in [-0.4, -0.2) is 31.2 Å². The van der Waals surface area contributed by atoms with Crippen LogP contribution < -0.4 is 19.5 Å². The second kappa shape index (κ2) is 12.9. The van der Waals surface area contributed by atoms with Crippen LogP contribution in [0.4, 0.5) is 0 Å². The van der Waals surface area contributed by atoms with E-state index in [0.29, 0.717) is 31.8 Å². The number of carboxylic acids is 1. The van der Waals surface area contributed by atoms with Gasteiger partial charge in [0.2, 0.25) is 0 Å². The van der Waals surface area contributed by atoms with Crippen LogP contribution in [0, 0.1) is 11.3 Å². The number of rotatable bonds is 10. The first-order valence-corrected chi connectivity index (χ1v) is 12.4. The van der Waals surface area contributed by atoms with Crippen molar-refractivity contribution < 1.29 is 28.9 Å². The summed E-state index contributed by atoms with van der Waals surface area (Å²) in [6.45, 7) is 0.381. The molecular formula is C27H22Br2N2O6. The molecule has 0 heterocycles. The number of nitriles is 1. The number of amides is 1. The van der Waals surface area contributed by atoms with Gasteiger partial charge in [0.1, 0.15) is 35.5 Å². The van der Waals surface area contributed by atoms with E-state index in [9.17, 15) is 14.9 Å². The molecule has 0 aromatic heterocycles. The zero-order valence-electron chi connectivity index (χ0n) is 19.9. The van der Waals surface area contributed by atoms with E-state index in [1.807, 2.05) is 6.07 Å². The molecule has 3 aromatic carbocycles. The highest BCUT2D eigenvalue weighted by Crippen LogP contribution is 2.36. The summed E-state index contributed by atoms with van der Waals surface area (Å²) in [5.41, 5.74) is 2.26. The van der Waals surface area contributed by atoms with Gasteiger partial charge >= 0.3 is 5.97 Å². The number of hydrogen-bond donors (Lipinski definition) is 2. The van der Waals surface area contributed by atoms with Crippen LogP contribution in [0.25, 0.3) is 6.08 Å². The number of nitrogens with zero attached hydrogens (tertiary/aromatic N) is 1. The zero-order chi connectivity index (χ0) is 26.9. The number of hydrogen-bond acceptors (Lipinski definition) is 6. The Morgan fingerprint density at radius 3 is 2.27 bits per heavy atom. The first-order valence-electron chi connectivity index (χ1n) is 10.8. The second-order valence-corrected chi connectivity index (χ2v) is 9.34. The molecule has 0 saturated heterocycles. The van der Waals surface area contributed by atoms with Crippen LogP contribution in [0.1, 0.15) is 27.0 Å². The van der Waals surface area contributed by atoms with Gasteiger partial charge in [-0.1, -0.05) is 12.1 Å². The van der Waals surface area contributed by atoms with Gasteiger partial charge in [-0.05, 0) is 85.5 Å². The number of aromatic carboxylic acids is 1. The molecule has 0 aliphatic heterocycles. The molecule has 3 aromatic rings. The maximum absolute atomic E-state index is 12.7. The SMILES string of the molecule is COc1ccc(CNC(=O)/C(C#N)=C/c2cc(Br)c(OCc3ccc(C(=O)O)cc3)c(Br)c2)c(OC)c1. The fraction of sp³-hybridized carbons (Fsp3) is 0.148. The van der Waals surface area contributed by atoms with Gasteiger partial charge in [0.25, 0.3) is 5.91 Å². The fourth-order valence-corrected chi connectivity index (χ4v) is 4.73. The Morgan fingerprint density at radius 1 is 1.03 bits per heavy atom. The lowest BCUT2D eigenvalue weighted by Crippen LogP contribution is -2.24. The van der Waals surface area contributed by atoms with Crippen LogP contribution in [0.3, 0.4) is 0 Å². The minimum atomic E-state index is -0.993. The summed E-state index contributed by atoms with van der Waals surface area (Å²) in [5, 5.41) is 21.3. The molecule has 2 N–H and O–H groups in total. The van der Waals surface area contributed by atoms with Crippen molar-refractivity contribution in [3.8, 4) is 23.3 Å². The molecule has 0 bridgehead atoms. The van der Waals surface area contributed by atoms with E-state index in [2.05, 4.69) is 37.2 Å². The van der Waals surface area contributed by atoms with E-state index in [1.165, 1.54) is 25.3 Å². The van der Waals surface area contributed by atoms with E-state index in [4.69, 9.17) is 19.3 Å². The van der Waals surface area contributed by atoms with E-state index in [-0.39, 0.29) is 24.3 Å². The van der Waals surface area contributed by atoms with E-state index in [1.54, 1.807) is 49.6 Å². The Kier molecular flexibility index (Phi) is 9.71. The summed E-state index contributed by atoms with van der Waals surface area (Å²) in [7, 11) is 3.08. The van der Waals surface area contributed by atoms with Gasteiger partial charge in [0.05, 0.1) is 28.7 Å². The largest absolute Gasteiger partial charge is 0.497 e. The van der Waals surface area contributed by atoms with Gasteiger partial charge in [-0.3, -0.25) is 4.79 Å². The van der Waals surface area contributed by atoms with Crippen molar-refractivity contribution in [1.82, 2.24) is 5.32 Å². The summed E-state index contributed by atoms with van der Waals surface area (Å²) in [4.78, 5) is 23.7. The van der Waals surface area contributed by atoms with Gasteiger partial charge in [0.15, 0.2) is 0 Å². The molecule has 0 atom stereocenters. The molecule has 0 aliphatic carbocycles. The molecule has 8 nitrogen and oxygen atoms in total. The molecule has 0 unspecified atom stereocenters. The summed E-state index contributed by atoms with van der Waals surface area (Å²) >= 11 is 6.94. The number of methoxy groups -OCH3 is 2. The van der Waals surface area contributed by atoms with Crippen molar-refractivity contribution >= 4 is 49.8 Å². The van der Waals surface area contributed by atoms with Crippen molar-refractivity contribution in [2.45, 2.75) is 13.2 Å². The molecule has 3 rings (SSSR count). The van der Waals surface area contributed by atoms with Crippen molar-refractivity contribution in [3.05, 3.63) is 91.4 Å². The molecule has 0 saturated carbocycles. The number of halogens is 2. The molecule has 0 fully saturated rings. The third-order valence-electron chi connectivity index (χ3n) is 5.21. The normalized spacial score (nSPS) is 10.8. The van der Waals surface area contributed by atoms with Crippen LogP contribution in [-0.2, 0) is 17.9 Å². The number of benzene rings is 3. The molecule has 10 heteroatoms. The Hall–Kier alpha value is -3.81. The zero-order valence-corrected chi connectivity index (χ0v) is 23.1. The van der Waals surface area contributed by atoms with Gasteiger partial charge in [-0.2, -0.15) is 5.26 Å². The highest BCUT2D eigenvalue weighted by atomic mass is 79.9. The molecule has 0 aliphatic rings. The van der Waals surface area contributed by atoms with E-state index >= 15 is 0 Å². The maximum Gasteiger partial charge on any atom is 0.335 e. The molecule has 190 valence electrons. The Morgan fingerprint density at radius 2 is 1.70 bits per heavy atom. The summed E-state index contributed by atoms with van der Waals surface area (Å²) in [6, 6.07) is 17.0. The van der Waals surface area contributed by atoms with Gasteiger partial charge < -0.3 is 24.6 Å². The van der Waals surface area contributed by atoms with E-state index in [0.717, 1.165) is 11.1 Å². The number of carbonyl (C=O) groups is 2. The highest BCUT2D eigenvalue weighted by molar-refractivity contribution is 9.11. The Bertz CT molecular complexity index is 1360. The van der Waals surface area contributed by atoms with Crippen LogP contribution in [0.15, 0.2) is 69.1 Å². The summed E-state index contributed by atoms with van der Waals surface area (Å²) in [5.74, 6) is 0.187. The van der Waals surface area contributed by atoms with Gasteiger partial charge in [-0.15, -0.1) is 0 Å². The van der Waals surface area contributed by atoms with Crippen LogP contribution in [0.5, 0.6) is 17.2 Å². The summed E-state index contributed by atoms with van der Waals surface area (Å²) < 4.78 is 17.6. The number of carboxylic acid groups (broad SMARTS) is 1. The molecule has 0 radical (unpaired) electrons. The minimum Gasteiger partial charge on any atom is -0.497 e. The van der Waals surface area contributed by atoms with Crippen LogP contribution in [0.2, 0.25) is 0 Å². The lowest BCUT2D eigenvalue weighted by Gasteiger charge is -2.12. The van der Waals surface area contributed by atoms with Gasteiger partial charge in [0, 0.05) is 18.2 Å². The lowest BCUT2D eigenvalue weighted by molar-refractivity contribution is -0.117. The molecule has 0 spiro atoms. The molecular weight excluding hydrogens is 608 g/mol. The monoisotopic (exact) mass is 628 g/mol. The Labute approximate surface area is 230 Å². The first-order chi connectivity index (χ1) is 17.7. The average Bonchev–Trinajstić information content (AvgIpc) is 2.89. The molecule has 1 amide bonds. The fourth-order valence-electron chi connectivity index (χ4n) is 3.28. The average molecular weight is 630 g/mol. The standard InChI is InChI=1S/C27H22Br2N2O6/c1-35-21-8-7-19(24(12-21)36-2)14-31-26(32)20(13-30)9-17-10-22(28)25(23(29)11-17)37-15-16-3-5-18(6-4-16)27(33)34/h3-12H,14-15H2,1-2H3,(H,31,32)(H,33,34)/b20-9+. The third kappa shape index (κ3) is 7.35.